The monoisotopic (exact) mass is 624 g/mol. The molecule has 0 atom stereocenters. The third-order valence-electron chi connectivity index (χ3n) is 9.93. The van der Waals surface area contributed by atoms with Gasteiger partial charge in [-0.2, -0.15) is 0 Å². The van der Waals surface area contributed by atoms with Crippen LogP contribution in [-0.2, 0) is 5.41 Å². The highest BCUT2D eigenvalue weighted by Gasteiger charge is 2.52. The number of nitrogens with one attached hydrogen (secondary N) is 1. The molecule has 0 aromatic heterocycles. The normalized spacial score (nSPS) is 14.7. The third kappa shape index (κ3) is 5.43. The number of benzene rings is 6. The van der Waals surface area contributed by atoms with Crippen molar-refractivity contribution >= 4 is 39.0 Å². The molecule has 0 aliphatic heterocycles. The van der Waals surface area contributed by atoms with Gasteiger partial charge in [0.05, 0.1) is 5.41 Å². The van der Waals surface area contributed by atoms with E-state index < -0.39 is 0 Å². The van der Waals surface area contributed by atoms with Crippen LogP contribution in [-0.4, -0.2) is 13.3 Å². The van der Waals surface area contributed by atoms with Gasteiger partial charge in [0.2, 0.25) is 0 Å². The Morgan fingerprint density at radius 1 is 0.708 bits per heavy atom. The van der Waals surface area contributed by atoms with Gasteiger partial charge in [0.25, 0.3) is 0 Å². The quantitative estimate of drug-likeness (QED) is 0.149. The number of hydrogen-bond acceptors (Lipinski definition) is 2. The molecule has 0 saturated carbocycles. The van der Waals surface area contributed by atoms with Gasteiger partial charge in [0, 0.05) is 0 Å². The van der Waals surface area contributed by atoms with Crippen LogP contribution in [0.4, 0.5) is 0 Å². The smallest absolute Gasteiger partial charge is 0.0652 e. The molecule has 2 nitrogen and oxygen atoms in total. The predicted molar refractivity (Wildman–Crippen MR) is 208 cm³/mol. The van der Waals surface area contributed by atoms with Crippen LogP contribution < -0.4 is 5.73 Å². The maximum Gasteiger partial charge on any atom is 0.0652 e. The van der Waals surface area contributed by atoms with Gasteiger partial charge in [-0.3, -0.25) is 0 Å². The first kappa shape index (κ1) is 32.6. The molecule has 0 heterocycles. The number of rotatable bonds is 3. The summed E-state index contributed by atoms with van der Waals surface area (Å²) in [5, 5.41) is 13.7. The first-order valence-corrected chi connectivity index (χ1v) is 16.8. The highest BCUT2D eigenvalue weighted by atomic mass is 14.6. The van der Waals surface area contributed by atoms with Crippen LogP contribution in [0, 0.1) is 19.3 Å². The average Bonchev–Trinajstić information content (AvgIpc) is 3.60. The zero-order chi connectivity index (χ0) is 33.7. The van der Waals surface area contributed by atoms with Gasteiger partial charge in [0.15, 0.2) is 0 Å². The van der Waals surface area contributed by atoms with Crippen molar-refractivity contribution in [2.75, 3.05) is 6.54 Å². The minimum atomic E-state index is -0.175. The standard InChI is InChI=1S/C27H23N.C11H10.C7H8.CH3N/c1-2-19-20-9-3-4-10-21(20)27(22(19)15-16-28)23-11-5-7-17-13-14-18-8-6-12-24(27)26(18)25(17)23;1-9-5-4-7-10-6-2-3-8-11(9)10;1-7-5-3-2-4-6-7;1-2/h2-3,5-9,11-14H,1,4,10,15-16,28H2;2-8H,1H3;2-6H,1H3;2H,1H2. The number of allylic oxidation sites excluding steroid dienone is 6. The Kier molecular flexibility index (Phi) is 9.66. The molecular formula is C46H44N2. The van der Waals surface area contributed by atoms with Crippen molar-refractivity contribution < 1.29 is 0 Å². The number of hydrogen-bond donors (Lipinski definition) is 2. The lowest BCUT2D eigenvalue weighted by atomic mass is 9.66. The lowest BCUT2D eigenvalue weighted by Gasteiger charge is -2.36. The molecule has 0 unspecified atom stereocenters. The fourth-order valence-corrected chi connectivity index (χ4v) is 8.05. The van der Waals surface area contributed by atoms with E-state index in [-0.39, 0.29) is 5.41 Å². The second-order valence-corrected chi connectivity index (χ2v) is 12.5. The van der Waals surface area contributed by atoms with Crippen molar-refractivity contribution in [3.8, 4) is 0 Å². The van der Waals surface area contributed by atoms with Crippen LogP contribution in [0.5, 0.6) is 0 Å². The zero-order valence-electron chi connectivity index (χ0n) is 28.1. The van der Waals surface area contributed by atoms with Crippen LogP contribution in [0.15, 0.2) is 168 Å². The van der Waals surface area contributed by atoms with E-state index in [4.69, 9.17) is 11.1 Å². The van der Waals surface area contributed by atoms with Crippen LogP contribution in [0.3, 0.4) is 0 Å². The fraction of sp³-hybridized carbons (Fsp3) is 0.152. The summed E-state index contributed by atoms with van der Waals surface area (Å²) in [5.41, 5.74) is 17.2. The summed E-state index contributed by atoms with van der Waals surface area (Å²) in [5.74, 6) is 0. The molecule has 3 aliphatic carbocycles. The van der Waals surface area contributed by atoms with Gasteiger partial charge in [0.1, 0.15) is 0 Å². The van der Waals surface area contributed by atoms with Crippen molar-refractivity contribution in [1.29, 1.82) is 5.41 Å². The molecule has 2 heteroatoms. The lowest BCUT2D eigenvalue weighted by molar-refractivity contribution is 0.661. The molecule has 3 N–H and O–H groups in total. The zero-order valence-corrected chi connectivity index (χ0v) is 28.1. The molecule has 6 aromatic rings. The third-order valence-corrected chi connectivity index (χ3v) is 9.93. The fourth-order valence-electron chi connectivity index (χ4n) is 8.05. The topological polar surface area (TPSA) is 49.9 Å². The molecule has 6 aromatic carbocycles. The SMILES string of the molecule is C=CC1=C(CCN)C2(C3=C1C=CCC3)c1cccc3ccc4cccc2c4c13.C=N.Cc1cccc2ccccc12.Cc1ccccc1. The summed E-state index contributed by atoms with van der Waals surface area (Å²) in [6.45, 7) is 11.6. The Bertz CT molecular complexity index is 2150. The molecule has 238 valence electrons. The minimum Gasteiger partial charge on any atom is -0.330 e. The summed E-state index contributed by atoms with van der Waals surface area (Å²) < 4.78 is 0. The molecule has 3 aliphatic rings. The van der Waals surface area contributed by atoms with E-state index in [1.54, 1.807) is 5.57 Å². The highest BCUT2D eigenvalue weighted by molar-refractivity contribution is 6.16. The van der Waals surface area contributed by atoms with Crippen molar-refractivity contribution in [2.45, 2.75) is 38.5 Å². The Labute approximate surface area is 285 Å². The summed E-state index contributed by atoms with van der Waals surface area (Å²) in [4.78, 5) is 0. The summed E-state index contributed by atoms with van der Waals surface area (Å²) in [7, 11) is 0. The van der Waals surface area contributed by atoms with Crippen molar-refractivity contribution in [1.82, 2.24) is 0 Å². The molecule has 0 amide bonds. The van der Waals surface area contributed by atoms with Gasteiger partial charge in [-0.25, -0.2) is 0 Å². The van der Waals surface area contributed by atoms with Crippen molar-refractivity contribution in [2.24, 2.45) is 5.73 Å². The van der Waals surface area contributed by atoms with Crippen LogP contribution in [0.1, 0.15) is 41.5 Å². The van der Waals surface area contributed by atoms with Gasteiger partial charge in [-0.05, 0) is 118 Å². The van der Waals surface area contributed by atoms with E-state index in [1.807, 2.05) is 18.2 Å². The van der Waals surface area contributed by atoms with Crippen LogP contribution in [0.2, 0.25) is 0 Å². The molecular weight excluding hydrogens is 581 g/mol. The second-order valence-electron chi connectivity index (χ2n) is 12.5. The predicted octanol–water partition coefficient (Wildman–Crippen LogP) is 11.5. The Morgan fingerprint density at radius 3 is 1.88 bits per heavy atom. The molecule has 0 fully saturated rings. The summed E-state index contributed by atoms with van der Waals surface area (Å²) in [6.07, 6.45) is 9.78. The van der Waals surface area contributed by atoms with Gasteiger partial charge in [-0.15, -0.1) is 0 Å². The minimum absolute atomic E-state index is 0.175. The Hall–Kier alpha value is -5.31. The maximum absolute atomic E-state index is 6.16. The number of aryl methyl sites for hydroxylation is 2. The van der Waals surface area contributed by atoms with Gasteiger partial charge < -0.3 is 11.1 Å². The van der Waals surface area contributed by atoms with E-state index in [2.05, 4.69) is 149 Å². The Morgan fingerprint density at radius 2 is 1.29 bits per heavy atom. The van der Waals surface area contributed by atoms with E-state index >= 15 is 0 Å². The van der Waals surface area contributed by atoms with Gasteiger partial charge >= 0.3 is 0 Å². The molecule has 1 spiro atoms. The second kappa shape index (κ2) is 14.2. The summed E-state index contributed by atoms with van der Waals surface area (Å²) >= 11 is 0. The largest absolute Gasteiger partial charge is 0.330 e. The van der Waals surface area contributed by atoms with Crippen LogP contribution in [0.25, 0.3) is 32.3 Å². The molecule has 0 saturated heterocycles. The first-order chi connectivity index (χ1) is 23.6. The van der Waals surface area contributed by atoms with Crippen molar-refractivity contribution in [3.05, 3.63) is 191 Å². The highest BCUT2D eigenvalue weighted by Crippen LogP contribution is 2.63. The number of fused-ring (bicyclic) bond motifs is 4. The van der Waals surface area contributed by atoms with Crippen LogP contribution >= 0.6 is 0 Å². The van der Waals surface area contributed by atoms with E-state index in [1.165, 1.54) is 71.3 Å². The van der Waals surface area contributed by atoms with E-state index in [9.17, 15) is 0 Å². The first-order valence-electron chi connectivity index (χ1n) is 16.8. The average molecular weight is 625 g/mol. The Balaban J connectivity index is 0.000000164. The van der Waals surface area contributed by atoms with E-state index in [0.717, 1.165) is 19.3 Å². The molecule has 48 heavy (non-hydrogen) atoms. The van der Waals surface area contributed by atoms with Gasteiger partial charge in [-0.1, -0.05) is 152 Å². The molecule has 0 radical (unpaired) electrons. The molecule has 0 bridgehead atoms. The van der Waals surface area contributed by atoms with Crippen molar-refractivity contribution in [3.63, 3.8) is 0 Å². The number of nitrogens with two attached hydrogens (primary N) is 1. The maximum atomic E-state index is 6.16. The lowest BCUT2D eigenvalue weighted by Crippen LogP contribution is -2.30. The molecule has 9 rings (SSSR count). The van der Waals surface area contributed by atoms with E-state index in [0.29, 0.717) is 6.54 Å². The summed E-state index contributed by atoms with van der Waals surface area (Å²) in [6, 6.07) is 43.3.